The van der Waals surface area contributed by atoms with Crippen molar-refractivity contribution in [2.45, 2.75) is 20.1 Å². The molecule has 4 rings (SSSR count). The van der Waals surface area contributed by atoms with Crippen LogP contribution in [0.5, 0.6) is 5.75 Å². The summed E-state index contributed by atoms with van der Waals surface area (Å²) in [5.41, 5.74) is 2.22. The third-order valence-electron chi connectivity index (χ3n) is 4.55. The van der Waals surface area contributed by atoms with Gasteiger partial charge in [0.1, 0.15) is 23.9 Å². The number of ether oxygens (including phenoxy) is 1. The molecule has 0 fully saturated rings. The molecule has 0 spiro atoms. The molecule has 2 aromatic heterocycles. The van der Waals surface area contributed by atoms with E-state index in [1.807, 2.05) is 19.2 Å². The van der Waals surface area contributed by atoms with Crippen molar-refractivity contribution < 1.29 is 18.3 Å². The maximum absolute atomic E-state index is 13.3. The predicted octanol–water partition coefficient (Wildman–Crippen LogP) is 5.57. The second-order valence-corrected chi connectivity index (χ2v) is 7.89. The summed E-state index contributed by atoms with van der Waals surface area (Å²) in [5, 5.41) is 7.02. The summed E-state index contributed by atoms with van der Waals surface area (Å²) in [4.78, 5) is 12.6. The number of amides is 1. The Hall–Kier alpha value is -3.39. The zero-order valence-electron chi connectivity index (χ0n) is 16.6. The molecule has 1 N–H and O–H groups in total. The minimum Gasteiger partial charge on any atom is -0.489 e. The first kappa shape index (κ1) is 20.9. The highest BCUT2D eigenvalue weighted by Gasteiger charge is 2.13. The molecule has 31 heavy (non-hydrogen) atoms. The Kier molecular flexibility index (Phi) is 6.18. The first-order chi connectivity index (χ1) is 15.0. The molecule has 0 aliphatic rings. The van der Waals surface area contributed by atoms with E-state index in [0.717, 1.165) is 15.6 Å². The Labute approximate surface area is 186 Å². The molecule has 0 aliphatic heterocycles. The Morgan fingerprint density at radius 3 is 2.84 bits per heavy atom. The van der Waals surface area contributed by atoms with E-state index in [-0.39, 0.29) is 24.1 Å². The molecule has 2 heterocycles. The molecular formula is C23H19BrFN3O3. The number of nitrogens with zero attached hydrogens (tertiary/aromatic N) is 2. The number of aryl methyl sites for hydroxylation is 1. The van der Waals surface area contributed by atoms with Crippen molar-refractivity contribution in [3.8, 4) is 5.75 Å². The van der Waals surface area contributed by atoms with Crippen LogP contribution in [0.15, 0.2) is 75.9 Å². The van der Waals surface area contributed by atoms with Crippen LogP contribution in [-0.2, 0) is 13.2 Å². The maximum Gasteiger partial charge on any atom is 0.291 e. The lowest BCUT2D eigenvalue weighted by atomic mass is 10.2. The van der Waals surface area contributed by atoms with Gasteiger partial charge in [0.2, 0.25) is 0 Å². The molecule has 1 amide bonds. The molecule has 6 nitrogen and oxygen atoms in total. The second-order valence-electron chi connectivity index (χ2n) is 6.97. The topological polar surface area (TPSA) is 69.3 Å². The summed E-state index contributed by atoms with van der Waals surface area (Å²) in [6.45, 7) is 2.55. The smallest absolute Gasteiger partial charge is 0.291 e. The zero-order valence-corrected chi connectivity index (χ0v) is 18.2. The number of hydrogen-bond acceptors (Lipinski definition) is 4. The molecule has 4 aromatic rings. The van der Waals surface area contributed by atoms with Gasteiger partial charge in [-0.05, 0) is 76.4 Å². The van der Waals surface area contributed by atoms with E-state index in [2.05, 4.69) is 26.3 Å². The lowest BCUT2D eigenvalue weighted by molar-refractivity contribution is 0.0994. The summed E-state index contributed by atoms with van der Waals surface area (Å²) in [6.07, 6.45) is 3.51. The van der Waals surface area contributed by atoms with Crippen LogP contribution in [0, 0.1) is 12.7 Å². The van der Waals surface area contributed by atoms with Crippen molar-refractivity contribution in [2.24, 2.45) is 0 Å². The Morgan fingerprint density at radius 1 is 1.23 bits per heavy atom. The van der Waals surface area contributed by atoms with Crippen molar-refractivity contribution in [1.29, 1.82) is 0 Å². The van der Waals surface area contributed by atoms with Gasteiger partial charge >= 0.3 is 0 Å². The third kappa shape index (κ3) is 5.40. The zero-order chi connectivity index (χ0) is 21.8. The second kappa shape index (κ2) is 9.18. The highest BCUT2D eigenvalue weighted by Crippen LogP contribution is 2.23. The first-order valence-corrected chi connectivity index (χ1v) is 10.3. The lowest BCUT2D eigenvalue weighted by Crippen LogP contribution is -2.12. The van der Waals surface area contributed by atoms with E-state index in [1.165, 1.54) is 12.1 Å². The molecule has 2 aromatic carbocycles. The minimum atomic E-state index is -0.343. The predicted molar refractivity (Wildman–Crippen MR) is 118 cm³/mol. The summed E-state index contributed by atoms with van der Waals surface area (Å²) in [5.74, 6) is 0.828. The van der Waals surface area contributed by atoms with Crippen LogP contribution in [0.3, 0.4) is 0 Å². The molecule has 0 atom stereocenters. The molecule has 8 heteroatoms. The highest BCUT2D eigenvalue weighted by atomic mass is 79.9. The number of benzene rings is 2. The Balaban J connectivity index is 1.37. The Bertz CT molecular complexity index is 1220. The van der Waals surface area contributed by atoms with Gasteiger partial charge in [0, 0.05) is 11.9 Å². The molecular weight excluding hydrogens is 465 g/mol. The number of nitrogens with one attached hydrogen (secondary N) is 1. The summed E-state index contributed by atoms with van der Waals surface area (Å²) < 4.78 is 27.2. The number of hydrogen-bond donors (Lipinski definition) is 1. The van der Waals surface area contributed by atoms with Crippen molar-refractivity contribution in [3.63, 3.8) is 0 Å². The minimum absolute atomic E-state index is 0.215. The van der Waals surface area contributed by atoms with Gasteiger partial charge in [-0.1, -0.05) is 12.1 Å². The van der Waals surface area contributed by atoms with Crippen LogP contribution in [0.1, 0.15) is 27.4 Å². The van der Waals surface area contributed by atoms with Gasteiger partial charge in [0.25, 0.3) is 5.91 Å². The van der Waals surface area contributed by atoms with Gasteiger partial charge in [-0.3, -0.25) is 9.48 Å². The van der Waals surface area contributed by atoms with Gasteiger partial charge in [0.05, 0.1) is 17.2 Å². The number of halogens is 2. The average molecular weight is 484 g/mol. The summed E-state index contributed by atoms with van der Waals surface area (Å²) in [7, 11) is 0. The van der Waals surface area contributed by atoms with Gasteiger partial charge in [-0.2, -0.15) is 5.10 Å². The highest BCUT2D eigenvalue weighted by molar-refractivity contribution is 9.10. The molecule has 0 saturated carbocycles. The fourth-order valence-electron chi connectivity index (χ4n) is 3.01. The molecule has 0 bridgehead atoms. The maximum atomic E-state index is 13.3. The van der Waals surface area contributed by atoms with E-state index in [0.29, 0.717) is 23.7 Å². The van der Waals surface area contributed by atoms with E-state index in [1.54, 1.807) is 47.3 Å². The average Bonchev–Trinajstić information content (AvgIpc) is 3.37. The fourth-order valence-corrected chi connectivity index (χ4v) is 3.34. The van der Waals surface area contributed by atoms with Crippen molar-refractivity contribution >= 4 is 27.5 Å². The summed E-state index contributed by atoms with van der Waals surface area (Å²) in [6, 6.07) is 15.0. The largest absolute Gasteiger partial charge is 0.489 e. The van der Waals surface area contributed by atoms with Gasteiger partial charge in [-0.15, -0.1) is 0 Å². The lowest BCUT2D eigenvalue weighted by Gasteiger charge is -2.11. The SMILES string of the molecule is Cc1cc(OCc2cccc(F)c2)ccc1NC(=O)c1ccc(Cn2cc(Br)cn2)o1. The van der Waals surface area contributed by atoms with Crippen LogP contribution < -0.4 is 10.1 Å². The van der Waals surface area contributed by atoms with Crippen LogP contribution in [0.25, 0.3) is 0 Å². The number of anilines is 1. The van der Waals surface area contributed by atoms with E-state index in [4.69, 9.17) is 9.15 Å². The molecule has 0 radical (unpaired) electrons. The molecule has 0 aliphatic carbocycles. The summed E-state index contributed by atoms with van der Waals surface area (Å²) >= 11 is 3.35. The molecule has 0 saturated heterocycles. The Morgan fingerprint density at radius 2 is 2.10 bits per heavy atom. The van der Waals surface area contributed by atoms with Crippen LogP contribution >= 0.6 is 15.9 Å². The number of aromatic nitrogens is 2. The number of rotatable bonds is 7. The quantitative estimate of drug-likeness (QED) is 0.373. The normalized spacial score (nSPS) is 10.8. The van der Waals surface area contributed by atoms with Crippen LogP contribution in [0.4, 0.5) is 10.1 Å². The van der Waals surface area contributed by atoms with E-state index in [9.17, 15) is 9.18 Å². The standard InChI is InChI=1S/C23H19BrFN3O3/c1-15-9-19(30-14-16-3-2-4-18(25)10-16)5-7-21(15)27-23(29)22-8-6-20(31-22)13-28-12-17(24)11-26-28/h2-12H,13-14H2,1H3,(H,27,29). The van der Waals surface area contributed by atoms with Gasteiger partial charge in [0.15, 0.2) is 5.76 Å². The van der Waals surface area contributed by atoms with Crippen molar-refractivity contribution in [2.75, 3.05) is 5.32 Å². The van der Waals surface area contributed by atoms with E-state index < -0.39 is 0 Å². The van der Waals surface area contributed by atoms with Crippen molar-refractivity contribution in [1.82, 2.24) is 9.78 Å². The number of furan rings is 1. The van der Waals surface area contributed by atoms with Crippen LogP contribution in [0.2, 0.25) is 0 Å². The van der Waals surface area contributed by atoms with Crippen molar-refractivity contribution in [3.05, 3.63) is 99.9 Å². The van der Waals surface area contributed by atoms with Crippen LogP contribution in [-0.4, -0.2) is 15.7 Å². The fraction of sp³-hybridized carbons (Fsp3) is 0.130. The number of carbonyl (C=O) groups is 1. The third-order valence-corrected chi connectivity index (χ3v) is 4.96. The first-order valence-electron chi connectivity index (χ1n) is 9.52. The van der Waals surface area contributed by atoms with E-state index >= 15 is 0 Å². The van der Waals surface area contributed by atoms with Gasteiger partial charge < -0.3 is 14.5 Å². The molecule has 158 valence electrons. The monoisotopic (exact) mass is 483 g/mol. The molecule has 0 unspecified atom stereocenters. The number of carbonyl (C=O) groups excluding carboxylic acids is 1. The van der Waals surface area contributed by atoms with Gasteiger partial charge in [-0.25, -0.2) is 4.39 Å².